The van der Waals surface area contributed by atoms with Crippen molar-refractivity contribution in [2.45, 2.75) is 20.3 Å². The summed E-state index contributed by atoms with van der Waals surface area (Å²) in [5, 5.41) is 8.95. The second kappa shape index (κ2) is 5.56. The summed E-state index contributed by atoms with van der Waals surface area (Å²) in [7, 11) is 0. The average molecular weight is 261 g/mol. The minimum absolute atomic E-state index is 0.0603. The standard InChI is InChI=1S/C14H15NO4/c1-3-7-18-11-6-4-5-10(8-11)13-15-12(14(16)17)9(2)19-13/h4-6,8H,3,7H2,1-2H3,(H,16,17). The Morgan fingerprint density at radius 2 is 2.26 bits per heavy atom. The van der Waals surface area contributed by atoms with Crippen LogP contribution >= 0.6 is 0 Å². The van der Waals surface area contributed by atoms with Gasteiger partial charge in [0.2, 0.25) is 5.89 Å². The van der Waals surface area contributed by atoms with E-state index in [2.05, 4.69) is 4.98 Å². The highest BCUT2D eigenvalue weighted by atomic mass is 16.5. The number of ether oxygens (including phenoxy) is 1. The lowest BCUT2D eigenvalue weighted by atomic mass is 10.2. The molecule has 1 aromatic carbocycles. The highest BCUT2D eigenvalue weighted by Crippen LogP contribution is 2.25. The van der Waals surface area contributed by atoms with E-state index in [0.717, 1.165) is 6.42 Å². The number of benzene rings is 1. The SMILES string of the molecule is CCCOc1cccc(-c2nc(C(=O)O)c(C)o2)c1. The Kier molecular flexibility index (Phi) is 3.85. The molecule has 5 heteroatoms. The van der Waals surface area contributed by atoms with Crippen LogP contribution < -0.4 is 4.74 Å². The van der Waals surface area contributed by atoms with E-state index in [9.17, 15) is 4.79 Å². The van der Waals surface area contributed by atoms with Gasteiger partial charge in [0.1, 0.15) is 11.5 Å². The van der Waals surface area contributed by atoms with E-state index in [4.69, 9.17) is 14.3 Å². The van der Waals surface area contributed by atoms with Crippen LogP contribution in [0.5, 0.6) is 5.75 Å². The Morgan fingerprint density at radius 1 is 1.47 bits per heavy atom. The zero-order chi connectivity index (χ0) is 13.8. The molecule has 0 amide bonds. The summed E-state index contributed by atoms with van der Waals surface area (Å²) >= 11 is 0. The van der Waals surface area contributed by atoms with Crippen molar-refractivity contribution in [1.82, 2.24) is 4.98 Å². The molecule has 1 heterocycles. The van der Waals surface area contributed by atoms with Crippen LogP contribution in [0.25, 0.3) is 11.5 Å². The molecule has 2 rings (SSSR count). The van der Waals surface area contributed by atoms with Gasteiger partial charge in [-0.1, -0.05) is 13.0 Å². The summed E-state index contributed by atoms with van der Waals surface area (Å²) in [4.78, 5) is 14.9. The number of aryl methyl sites for hydroxylation is 1. The molecular weight excluding hydrogens is 246 g/mol. The number of aromatic carboxylic acids is 1. The van der Waals surface area contributed by atoms with Crippen LogP contribution in [0.1, 0.15) is 29.6 Å². The Balaban J connectivity index is 2.31. The fourth-order valence-electron chi connectivity index (χ4n) is 1.66. The Morgan fingerprint density at radius 3 is 2.89 bits per heavy atom. The molecule has 5 nitrogen and oxygen atoms in total. The fourth-order valence-corrected chi connectivity index (χ4v) is 1.66. The number of aromatic nitrogens is 1. The molecule has 0 unspecified atom stereocenters. The van der Waals surface area contributed by atoms with Gasteiger partial charge in [0, 0.05) is 5.56 Å². The molecule has 0 atom stereocenters. The first-order valence-electron chi connectivity index (χ1n) is 6.05. The second-order valence-electron chi connectivity index (χ2n) is 4.11. The highest BCUT2D eigenvalue weighted by Gasteiger charge is 2.17. The van der Waals surface area contributed by atoms with Crippen LogP contribution in [0, 0.1) is 6.92 Å². The van der Waals surface area contributed by atoms with Crippen molar-refractivity contribution in [1.29, 1.82) is 0 Å². The number of carboxylic acids is 1. The maximum absolute atomic E-state index is 10.9. The van der Waals surface area contributed by atoms with E-state index in [1.54, 1.807) is 19.1 Å². The summed E-state index contributed by atoms with van der Waals surface area (Å²) in [5.74, 6) is 0.206. The Hall–Kier alpha value is -2.30. The molecule has 1 N–H and O–H groups in total. The van der Waals surface area contributed by atoms with Gasteiger partial charge in [0.25, 0.3) is 0 Å². The predicted octanol–water partition coefficient (Wildman–Crippen LogP) is 3.14. The van der Waals surface area contributed by atoms with Crippen LogP contribution in [-0.4, -0.2) is 22.7 Å². The van der Waals surface area contributed by atoms with E-state index in [1.165, 1.54) is 0 Å². The van der Waals surface area contributed by atoms with E-state index >= 15 is 0 Å². The van der Waals surface area contributed by atoms with E-state index in [1.807, 2.05) is 19.1 Å². The smallest absolute Gasteiger partial charge is 0.358 e. The zero-order valence-electron chi connectivity index (χ0n) is 10.8. The van der Waals surface area contributed by atoms with Gasteiger partial charge in [0.15, 0.2) is 5.69 Å². The number of rotatable bonds is 5. The van der Waals surface area contributed by atoms with Gasteiger partial charge in [-0.05, 0) is 31.5 Å². The molecule has 0 aliphatic heterocycles. The first-order valence-corrected chi connectivity index (χ1v) is 6.05. The lowest BCUT2D eigenvalue weighted by Crippen LogP contribution is -1.98. The zero-order valence-corrected chi connectivity index (χ0v) is 10.8. The molecule has 0 aliphatic carbocycles. The number of oxazole rings is 1. The largest absolute Gasteiger partial charge is 0.494 e. The minimum atomic E-state index is -1.09. The third kappa shape index (κ3) is 2.93. The van der Waals surface area contributed by atoms with Crippen molar-refractivity contribution in [2.24, 2.45) is 0 Å². The van der Waals surface area contributed by atoms with Crippen LogP contribution in [-0.2, 0) is 0 Å². The Labute approximate surface area is 110 Å². The predicted molar refractivity (Wildman–Crippen MR) is 69.4 cm³/mol. The van der Waals surface area contributed by atoms with Crippen molar-refractivity contribution in [3.8, 4) is 17.2 Å². The molecule has 0 aliphatic rings. The van der Waals surface area contributed by atoms with E-state index < -0.39 is 5.97 Å². The van der Waals surface area contributed by atoms with Gasteiger partial charge in [-0.25, -0.2) is 9.78 Å². The van der Waals surface area contributed by atoms with Crippen LogP contribution in [0.3, 0.4) is 0 Å². The topological polar surface area (TPSA) is 72.6 Å². The first kappa shape index (κ1) is 13.1. The summed E-state index contributed by atoms with van der Waals surface area (Å²) < 4.78 is 10.9. The van der Waals surface area contributed by atoms with Gasteiger partial charge in [0.05, 0.1) is 6.61 Å². The third-order valence-corrected chi connectivity index (χ3v) is 2.55. The number of carbonyl (C=O) groups is 1. The van der Waals surface area contributed by atoms with Crippen molar-refractivity contribution >= 4 is 5.97 Å². The molecular formula is C14H15NO4. The number of carboxylic acid groups (broad SMARTS) is 1. The monoisotopic (exact) mass is 261 g/mol. The van der Waals surface area contributed by atoms with Gasteiger partial charge in [-0.3, -0.25) is 0 Å². The number of hydrogen-bond acceptors (Lipinski definition) is 4. The van der Waals surface area contributed by atoms with Crippen LogP contribution in [0.2, 0.25) is 0 Å². The second-order valence-corrected chi connectivity index (χ2v) is 4.11. The number of nitrogens with zero attached hydrogens (tertiary/aromatic N) is 1. The van der Waals surface area contributed by atoms with Gasteiger partial charge < -0.3 is 14.3 Å². The molecule has 19 heavy (non-hydrogen) atoms. The lowest BCUT2D eigenvalue weighted by Gasteiger charge is -2.04. The molecule has 1 aromatic heterocycles. The molecule has 0 fully saturated rings. The molecule has 100 valence electrons. The molecule has 2 aromatic rings. The fraction of sp³-hybridized carbons (Fsp3) is 0.286. The highest BCUT2D eigenvalue weighted by molar-refractivity contribution is 5.87. The average Bonchev–Trinajstić information content (AvgIpc) is 2.79. The minimum Gasteiger partial charge on any atom is -0.494 e. The van der Waals surface area contributed by atoms with Crippen molar-refractivity contribution in [3.63, 3.8) is 0 Å². The quantitative estimate of drug-likeness (QED) is 0.895. The Bertz CT molecular complexity index is 589. The molecule has 0 saturated carbocycles. The maximum Gasteiger partial charge on any atom is 0.358 e. The molecule has 0 spiro atoms. The summed E-state index contributed by atoms with van der Waals surface area (Å²) in [6.07, 6.45) is 0.922. The van der Waals surface area contributed by atoms with Crippen molar-refractivity contribution in [2.75, 3.05) is 6.61 Å². The number of hydrogen-bond donors (Lipinski definition) is 1. The van der Waals surface area contributed by atoms with Gasteiger partial charge in [-0.15, -0.1) is 0 Å². The van der Waals surface area contributed by atoms with Gasteiger partial charge in [-0.2, -0.15) is 0 Å². The first-order chi connectivity index (χ1) is 9.11. The molecule has 0 saturated heterocycles. The summed E-state index contributed by atoms with van der Waals surface area (Å²) in [6, 6.07) is 7.25. The molecule has 0 bridgehead atoms. The third-order valence-electron chi connectivity index (χ3n) is 2.55. The molecule has 0 radical (unpaired) electrons. The van der Waals surface area contributed by atoms with Gasteiger partial charge >= 0.3 is 5.97 Å². The normalized spacial score (nSPS) is 10.4. The van der Waals surface area contributed by atoms with E-state index in [-0.39, 0.29) is 11.6 Å². The van der Waals surface area contributed by atoms with Crippen LogP contribution in [0.15, 0.2) is 28.7 Å². The summed E-state index contributed by atoms with van der Waals surface area (Å²) in [6.45, 7) is 4.24. The van der Waals surface area contributed by atoms with Crippen molar-refractivity contribution < 1.29 is 19.1 Å². The summed E-state index contributed by atoms with van der Waals surface area (Å²) in [5.41, 5.74) is 0.638. The maximum atomic E-state index is 10.9. The lowest BCUT2D eigenvalue weighted by molar-refractivity contribution is 0.0689. The van der Waals surface area contributed by atoms with Crippen LogP contribution in [0.4, 0.5) is 0 Å². The van der Waals surface area contributed by atoms with E-state index in [0.29, 0.717) is 23.7 Å². The van der Waals surface area contributed by atoms with Crippen molar-refractivity contribution in [3.05, 3.63) is 35.7 Å².